The molecule has 4 unspecified atom stereocenters. The van der Waals surface area contributed by atoms with E-state index >= 15 is 0 Å². The summed E-state index contributed by atoms with van der Waals surface area (Å²) in [5.74, 6) is 5.89. The maximum atomic E-state index is 3.76. The van der Waals surface area contributed by atoms with Crippen LogP contribution in [-0.2, 0) is 0 Å². The maximum absolute atomic E-state index is 3.76. The Hall–Kier alpha value is -0.0400. The van der Waals surface area contributed by atoms with E-state index in [1.165, 1.54) is 19.5 Å². The van der Waals surface area contributed by atoms with E-state index in [1.54, 1.807) is 0 Å². The molecule has 18 heavy (non-hydrogen) atoms. The summed E-state index contributed by atoms with van der Waals surface area (Å²) in [6.07, 6.45) is 1.34. The molecule has 1 saturated heterocycles. The summed E-state index contributed by atoms with van der Waals surface area (Å²) in [6, 6.07) is 0. The van der Waals surface area contributed by atoms with E-state index in [2.05, 4.69) is 53.8 Å². The lowest BCUT2D eigenvalue weighted by atomic mass is 9.65. The van der Waals surface area contributed by atoms with E-state index in [0.717, 1.165) is 41.4 Å². The SMILES string of the molecule is CCC1C(C(C)C)CNCC(C(C)C)C1C(C)C. The zero-order chi connectivity index (χ0) is 13.9. The average molecular weight is 253 g/mol. The highest BCUT2D eigenvalue weighted by Crippen LogP contribution is 2.42. The van der Waals surface area contributed by atoms with Crippen molar-refractivity contribution in [1.29, 1.82) is 0 Å². The predicted octanol–water partition coefficient (Wildman–Crippen LogP) is 4.43. The summed E-state index contributed by atoms with van der Waals surface area (Å²) in [6.45, 7) is 19.3. The summed E-state index contributed by atoms with van der Waals surface area (Å²) in [4.78, 5) is 0. The standard InChI is InChI=1S/C17H35N/c1-8-14-15(11(2)3)9-18-10-16(12(4)5)17(14)13(6)7/h11-18H,8-10H2,1-7H3. The predicted molar refractivity (Wildman–Crippen MR) is 81.6 cm³/mol. The zero-order valence-corrected chi connectivity index (χ0v) is 13.7. The monoisotopic (exact) mass is 253 g/mol. The van der Waals surface area contributed by atoms with Gasteiger partial charge in [-0.15, -0.1) is 0 Å². The lowest BCUT2D eigenvalue weighted by Crippen LogP contribution is -2.36. The van der Waals surface area contributed by atoms with Gasteiger partial charge in [-0.2, -0.15) is 0 Å². The second-order valence-electron chi connectivity index (χ2n) is 7.37. The first-order chi connectivity index (χ1) is 8.40. The van der Waals surface area contributed by atoms with Crippen LogP contribution in [0.25, 0.3) is 0 Å². The maximum Gasteiger partial charge on any atom is -0.00151 e. The number of rotatable bonds is 4. The van der Waals surface area contributed by atoms with E-state index in [4.69, 9.17) is 0 Å². The molecule has 0 saturated carbocycles. The largest absolute Gasteiger partial charge is 0.316 e. The van der Waals surface area contributed by atoms with Gasteiger partial charge in [-0.05, 0) is 54.5 Å². The zero-order valence-electron chi connectivity index (χ0n) is 13.7. The van der Waals surface area contributed by atoms with Crippen LogP contribution < -0.4 is 5.32 Å². The van der Waals surface area contributed by atoms with Crippen LogP contribution in [0.4, 0.5) is 0 Å². The Balaban J connectivity index is 3.02. The van der Waals surface area contributed by atoms with Crippen molar-refractivity contribution >= 4 is 0 Å². The van der Waals surface area contributed by atoms with Crippen LogP contribution in [0.5, 0.6) is 0 Å². The van der Waals surface area contributed by atoms with Crippen molar-refractivity contribution < 1.29 is 0 Å². The molecule has 0 amide bonds. The van der Waals surface area contributed by atoms with Gasteiger partial charge in [-0.3, -0.25) is 0 Å². The number of nitrogens with one attached hydrogen (secondary N) is 1. The van der Waals surface area contributed by atoms with E-state index in [9.17, 15) is 0 Å². The van der Waals surface area contributed by atoms with Crippen LogP contribution in [0.3, 0.4) is 0 Å². The van der Waals surface area contributed by atoms with Crippen molar-refractivity contribution in [3.05, 3.63) is 0 Å². The highest BCUT2D eigenvalue weighted by atomic mass is 14.9. The van der Waals surface area contributed by atoms with Gasteiger partial charge in [0.25, 0.3) is 0 Å². The fraction of sp³-hybridized carbons (Fsp3) is 1.00. The molecule has 0 bridgehead atoms. The fourth-order valence-electron chi connectivity index (χ4n) is 4.28. The molecule has 0 aromatic rings. The third-order valence-corrected chi connectivity index (χ3v) is 5.25. The molecule has 1 rings (SSSR count). The molecule has 1 N–H and O–H groups in total. The van der Waals surface area contributed by atoms with Gasteiger partial charge in [0.05, 0.1) is 0 Å². The number of hydrogen-bond acceptors (Lipinski definition) is 1. The first-order valence-corrected chi connectivity index (χ1v) is 8.10. The molecular formula is C17H35N. The Morgan fingerprint density at radius 3 is 1.72 bits per heavy atom. The van der Waals surface area contributed by atoms with Crippen molar-refractivity contribution in [2.75, 3.05) is 13.1 Å². The van der Waals surface area contributed by atoms with E-state index in [-0.39, 0.29) is 0 Å². The lowest BCUT2D eigenvalue weighted by Gasteiger charge is -2.40. The number of hydrogen-bond donors (Lipinski definition) is 1. The highest BCUT2D eigenvalue weighted by Gasteiger charge is 2.39. The molecule has 1 nitrogen and oxygen atoms in total. The van der Waals surface area contributed by atoms with Gasteiger partial charge in [0.15, 0.2) is 0 Å². The van der Waals surface area contributed by atoms with Crippen LogP contribution in [0.1, 0.15) is 54.9 Å². The van der Waals surface area contributed by atoms with Gasteiger partial charge in [0.2, 0.25) is 0 Å². The van der Waals surface area contributed by atoms with Gasteiger partial charge in [-0.1, -0.05) is 54.9 Å². The second kappa shape index (κ2) is 6.93. The van der Waals surface area contributed by atoms with Crippen molar-refractivity contribution in [2.45, 2.75) is 54.9 Å². The third kappa shape index (κ3) is 3.50. The van der Waals surface area contributed by atoms with Crippen molar-refractivity contribution in [3.8, 4) is 0 Å². The minimum absolute atomic E-state index is 0.796. The van der Waals surface area contributed by atoms with Crippen LogP contribution in [-0.4, -0.2) is 13.1 Å². The minimum Gasteiger partial charge on any atom is -0.316 e. The van der Waals surface area contributed by atoms with Crippen molar-refractivity contribution in [3.63, 3.8) is 0 Å². The van der Waals surface area contributed by atoms with Gasteiger partial charge in [-0.25, -0.2) is 0 Å². The smallest absolute Gasteiger partial charge is 0.00151 e. The normalized spacial score (nSPS) is 34.3. The van der Waals surface area contributed by atoms with Crippen LogP contribution in [0.15, 0.2) is 0 Å². The molecule has 0 aliphatic carbocycles. The third-order valence-electron chi connectivity index (χ3n) is 5.25. The molecular weight excluding hydrogens is 218 g/mol. The van der Waals surface area contributed by atoms with Gasteiger partial charge >= 0.3 is 0 Å². The van der Waals surface area contributed by atoms with Crippen molar-refractivity contribution in [1.82, 2.24) is 5.32 Å². The first-order valence-electron chi connectivity index (χ1n) is 8.10. The Morgan fingerprint density at radius 1 is 0.833 bits per heavy atom. The summed E-state index contributed by atoms with van der Waals surface area (Å²) in [5, 5.41) is 3.76. The van der Waals surface area contributed by atoms with Crippen LogP contribution >= 0.6 is 0 Å². The Bertz CT molecular complexity index is 232. The lowest BCUT2D eigenvalue weighted by molar-refractivity contribution is 0.0890. The average Bonchev–Trinajstić information content (AvgIpc) is 2.47. The Labute approximate surface area is 115 Å². The quantitative estimate of drug-likeness (QED) is 0.781. The Kier molecular flexibility index (Phi) is 6.17. The van der Waals surface area contributed by atoms with E-state index in [0.29, 0.717) is 0 Å². The molecule has 0 spiro atoms. The Morgan fingerprint density at radius 2 is 1.33 bits per heavy atom. The molecule has 1 heterocycles. The molecule has 1 aliphatic rings. The van der Waals surface area contributed by atoms with Crippen molar-refractivity contribution in [2.24, 2.45) is 41.4 Å². The van der Waals surface area contributed by atoms with Gasteiger partial charge in [0.1, 0.15) is 0 Å². The minimum atomic E-state index is 0.796. The van der Waals surface area contributed by atoms with E-state index < -0.39 is 0 Å². The van der Waals surface area contributed by atoms with E-state index in [1.807, 2.05) is 0 Å². The van der Waals surface area contributed by atoms with Crippen LogP contribution in [0, 0.1) is 41.4 Å². The molecule has 1 fully saturated rings. The fourth-order valence-corrected chi connectivity index (χ4v) is 4.28. The van der Waals surface area contributed by atoms with Gasteiger partial charge in [0, 0.05) is 0 Å². The molecule has 0 aromatic carbocycles. The van der Waals surface area contributed by atoms with Crippen LogP contribution in [0.2, 0.25) is 0 Å². The summed E-state index contributed by atoms with van der Waals surface area (Å²) in [5.41, 5.74) is 0. The molecule has 108 valence electrons. The van der Waals surface area contributed by atoms with Gasteiger partial charge < -0.3 is 5.32 Å². The molecule has 0 aromatic heterocycles. The summed E-state index contributed by atoms with van der Waals surface area (Å²) >= 11 is 0. The molecule has 4 atom stereocenters. The first kappa shape index (κ1) is 16.0. The molecule has 1 aliphatic heterocycles. The topological polar surface area (TPSA) is 12.0 Å². The summed E-state index contributed by atoms with van der Waals surface area (Å²) < 4.78 is 0. The molecule has 0 radical (unpaired) electrons. The highest BCUT2D eigenvalue weighted by molar-refractivity contribution is 4.90. The summed E-state index contributed by atoms with van der Waals surface area (Å²) in [7, 11) is 0. The second-order valence-corrected chi connectivity index (χ2v) is 7.37. The molecule has 1 heteroatoms.